The molecule has 0 N–H and O–H groups in total. The highest BCUT2D eigenvalue weighted by Crippen LogP contribution is 1.92. The Morgan fingerprint density at radius 3 is 2.00 bits per heavy atom. The van der Waals surface area contributed by atoms with Crippen molar-refractivity contribution in [3.63, 3.8) is 0 Å². The van der Waals surface area contributed by atoms with Gasteiger partial charge in [-0.3, -0.25) is 0 Å². The molecule has 0 aromatic carbocycles. The summed E-state index contributed by atoms with van der Waals surface area (Å²) in [6.07, 6.45) is 2.08. The fourth-order valence-corrected chi connectivity index (χ4v) is 1.12. The van der Waals surface area contributed by atoms with Crippen molar-refractivity contribution in [3.05, 3.63) is 0 Å². The first-order chi connectivity index (χ1) is 3.85. The largest absolute Gasteiger partial charge is 0.337 e. The first-order valence-corrected chi connectivity index (χ1v) is 4.24. The molecule has 1 radical (unpaired) electrons. The van der Waals surface area contributed by atoms with E-state index in [1.165, 1.54) is 0 Å². The summed E-state index contributed by atoms with van der Waals surface area (Å²) in [6, 6.07) is 0. The van der Waals surface area contributed by atoms with Gasteiger partial charge in [0, 0.05) is 0 Å². The average molecular weight is 130 g/mol. The van der Waals surface area contributed by atoms with Gasteiger partial charge in [0.2, 0.25) is 0 Å². The van der Waals surface area contributed by atoms with Crippen molar-refractivity contribution in [2.75, 3.05) is 19.3 Å². The molecule has 3 heteroatoms. The molecule has 0 saturated carbocycles. The van der Waals surface area contributed by atoms with Crippen LogP contribution in [0.25, 0.3) is 0 Å². The lowest BCUT2D eigenvalue weighted by Gasteiger charge is -2.13. The third-order valence-electron chi connectivity index (χ3n) is 1.07. The van der Waals surface area contributed by atoms with Crippen molar-refractivity contribution in [2.24, 2.45) is 0 Å². The first-order valence-electron chi connectivity index (χ1n) is 2.95. The second-order valence-electron chi connectivity index (χ2n) is 1.56. The van der Waals surface area contributed by atoms with Gasteiger partial charge in [-0.15, -0.1) is 0 Å². The summed E-state index contributed by atoms with van der Waals surface area (Å²) in [5.41, 5.74) is 0. The van der Waals surface area contributed by atoms with Crippen molar-refractivity contribution in [3.8, 4) is 0 Å². The molecule has 0 aliphatic rings. The molecular weight excluding hydrogens is 117 g/mol. The second-order valence-corrected chi connectivity index (χ2v) is 2.24. The van der Waals surface area contributed by atoms with Gasteiger partial charge in [-0.2, -0.15) is 11.6 Å². The van der Waals surface area contributed by atoms with E-state index in [2.05, 4.69) is 31.6 Å². The van der Waals surface area contributed by atoms with Crippen LogP contribution in [0.3, 0.4) is 0 Å². The quantitative estimate of drug-likeness (QED) is 0.526. The van der Waals surface area contributed by atoms with Gasteiger partial charge in [0.25, 0.3) is 6.69 Å². The van der Waals surface area contributed by atoms with Crippen LogP contribution in [0.1, 0.15) is 13.8 Å². The topological polar surface area (TPSA) is 3.24 Å². The van der Waals surface area contributed by atoms with Crippen molar-refractivity contribution in [2.45, 2.75) is 13.8 Å². The fraction of sp³-hybridized carbons (Fsp3) is 1.00. The Morgan fingerprint density at radius 2 is 1.88 bits per heavy atom. The Hall–Kier alpha value is 0.375. The number of hydrogen-bond acceptors (Lipinski definition) is 2. The molecule has 0 aliphatic carbocycles. The number of hydrogen-bond donors (Lipinski definition) is 0. The van der Waals surface area contributed by atoms with Crippen LogP contribution in [0.4, 0.5) is 0 Å². The molecule has 8 heavy (non-hydrogen) atoms. The summed E-state index contributed by atoms with van der Waals surface area (Å²) in [5, 5.41) is 0. The summed E-state index contributed by atoms with van der Waals surface area (Å²) in [7, 11) is 0. The van der Waals surface area contributed by atoms with E-state index < -0.39 is 0 Å². The maximum atomic E-state index is 2.27. The van der Waals surface area contributed by atoms with Gasteiger partial charge in [-0.25, -0.2) is 0 Å². The van der Waals surface area contributed by atoms with Crippen molar-refractivity contribution < 1.29 is 0 Å². The van der Waals surface area contributed by atoms with Gasteiger partial charge in [0.05, 0.1) is 0 Å². The zero-order valence-corrected chi connectivity index (χ0v) is 6.66. The minimum atomic E-state index is 1.12. The summed E-state index contributed by atoms with van der Waals surface area (Å²) < 4.78 is 0. The lowest BCUT2D eigenvalue weighted by Crippen LogP contribution is -2.24. The van der Waals surface area contributed by atoms with E-state index >= 15 is 0 Å². The van der Waals surface area contributed by atoms with Crippen molar-refractivity contribution >= 4 is 18.3 Å². The lowest BCUT2D eigenvalue weighted by molar-refractivity contribution is 0.502. The third-order valence-corrected chi connectivity index (χ3v) is 1.58. The lowest BCUT2D eigenvalue weighted by atomic mass is 10.3. The predicted octanol–water partition coefficient (Wildman–Crippen LogP) is 1.23. The molecular formula is C5H13BNS. The Balaban J connectivity index is 3.07. The zero-order chi connectivity index (χ0) is 6.41. The Kier molecular flexibility index (Phi) is 5.77. The smallest absolute Gasteiger partial charge is 0.288 e. The third kappa shape index (κ3) is 3.39. The van der Waals surface area contributed by atoms with E-state index in [0.717, 1.165) is 13.1 Å². The van der Waals surface area contributed by atoms with Crippen LogP contribution in [-0.2, 0) is 0 Å². The van der Waals surface area contributed by atoms with E-state index in [0.29, 0.717) is 0 Å². The van der Waals surface area contributed by atoms with Crippen LogP contribution in [0.15, 0.2) is 0 Å². The van der Waals surface area contributed by atoms with E-state index in [-0.39, 0.29) is 0 Å². The zero-order valence-electron chi connectivity index (χ0n) is 5.85. The van der Waals surface area contributed by atoms with Gasteiger partial charge < -0.3 is 4.81 Å². The Morgan fingerprint density at radius 1 is 1.38 bits per heavy atom. The highest BCUT2D eigenvalue weighted by Gasteiger charge is 1.96. The van der Waals surface area contributed by atoms with Gasteiger partial charge in [0.15, 0.2) is 0 Å². The molecule has 0 aliphatic heterocycles. The Bertz CT molecular complexity index is 47.7. The molecule has 0 aromatic heterocycles. The van der Waals surface area contributed by atoms with Crippen LogP contribution in [0.5, 0.6) is 0 Å². The molecule has 0 unspecified atom stereocenters. The second kappa shape index (κ2) is 5.51. The summed E-state index contributed by atoms with van der Waals surface area (Å²) in [5.74, 6) is 0. The minimum absolute atomic E-state index is 1.12. The maximum Gasteiger partial charge on any atom is 0.288 e. The highest BCUT2D eigenvalue weighted by atomic mass is 32.2. The summed E-state index contributed by atoms with van der Waals surface area (Å²) >= 11 is 1.76. The molecule has 0 bridgehead atoms. The molecule has 0 aromatic rings. The first kappa shape index (κ1) is 8.37. The van der Waals surface area contributed by atoms with E-state index in [1.54, 1.807) is 11.6 Å². The van der Waals surface area contributed by atoms with Crippen LogP contribution >= 0.6 is 11.6 Å². The van der Waals surface area contributed by atoms with Crippen molar-refractivity contribution in [1.29, 1.82) is 0 Å². The maximum absolute atomic E-state index is 2.27. The van der Waals surface area contributed by atoms with Gasteiger partial charge in [-0.05, 0) is 19.3 Å². The van der Waals surface area contributed by atoms with E-state index in [4.69, 9.17) is 0 Å². The summed E-state index contributed by atoms with van der Waals surface area (Å²) in [6.45, 7) is 8.72. The van der Waals surface area contributed by atoms with Gasteiger partial charge in [-0.1, -0.05) is 13.8 Å². The number of rotatable bonds is 4. The average Bonchev–Trinajstić information content (AvgIpc) is 1.83. The normalized spacial score (nSPS) is 10.0. The molecule has 0 amide bonds. The van der Waals surface area contributed by atoms with Crippen molar-refractivity contribution in [1.82, 2.24) is 4.81 Å². The molecule has 0 spiro atoms. The van der Waals surface area contributed by atoms with Crippen LogP contribution in [-0.4, -0.2) is 30.8 Å². The van der Waals surface area contributed by atoms with Gasteiger partial charge in [0.1, 0.15) is 0 Å². The monoisotopic (exact) mass is 130 g/mol. The minimum Gasteiger partial charge on any atom is -0.337 e. The summed E-state index contributed by atoms with van der Waals surface area (Å²) in [4.78, 5) is 2.27. The SMILES string of the molecule is CCN([B]SC)CC. The van der Waals surface area contributed by atoms with Gasteiger partial charge >= 0.3 is 0 Å². The molecule has 0 heterocycles. The van der Waals surface area contributed by atoms with E-state index in [1.807, 2.05) is 0 Å². The molecule has 0 saturated heterocycles. The van der Waals surface area contributed by atoms with E-state index in [9.17, 15) is 0 Å². The van der Waals surface area contributed by atoms with Crippen LogP contribution in [0.2, 0.25) is 0 Å². The van der Waals surface area contributed by atoms with Crippen LogP contribution < -0.4 is 0 Å². The highest BCUT2D eigenvalue weighted by molar-refractivity contribution is 8.21. The molecule has 0 rings (SSSR count). The fourth-order valence-electron chi connectivity index (χ4n) is 0.522. The molecule has 1 nitrogen and oxygen atoms in total. The van der Waals surface area contributed by atoms with Crippen LogP contribution in [0, 0.1) is 0 Å². The number of nitrogens with zero attached hydrogens (tertiary/aromatic N) is 1. The Labute approximate surface area is 57.0 Å². The molecule has 0 fully saturated rings. The predicted molar refractivity (Wildman–Crippen MR) is 42.2 cm³/mol. The standard InChI is InChI=1S/C5H13BNS/c1-4-7(5-2)6-8-3/h4-5H2,1-3H3. The molecule has 47 valence electrons. The molecule has 0 atom stereocenters.